The molecule has 0 saturated carbocycles. The maximum absolute atomic E-state index is 12.3. The maximum Gasteiger partial charge on any atom is 0.267 e. The molecule has 4 nitrogen and oxygen atoms in total. The van der Waals surface area contributed by atoms with Crippen molar-refractivity contribution in [1.82, 2.24) is 15.2 Å². The van der Waals surface area contributed by atoms with Gasteiger partial charge in [0, 0.05) is 25.3 Å². The highest BCUT2D eigenvalue weighted by atomic mass is 16.1. The molecular weight excluding hydrogens is 286 g/mol. The SMILES string of the molecule is CCn1cc(C)cc1C(=O)NCCC(Cc1ccccc1)NC. The van der Waals surface area contributed by atoms with Crippen molar-refractivity contribution in [3.8, 4) is 0 Å². The molecule has 4 heteroatoms. The molecule has 1 aromatic carbocycles. The molecule has 0 aliphatic rings. The van der Waals surface area contributed by atoms with E-state index in [-0.39, 0.29) is 5.91 Å². The van der Waals surface area contributed by atoms with Gasteiger partial charge in [-0.15, -0.1) is 0 Å². The average Bonchev–Trinajstić information content (AvgIpc) is 2.95. The van der Waals surface area contributed by atoms with Crippen LogP contribution in [0.3, 0.4) is 0 Å². The van der Waals surface area contributed by atoms with Crippen LogP contribution in [0.4, 0.5) is 0 Å². The predicted molar refractivity (Wildman–Crippen MR) is 94.8 cm³/mol. The fourth-order valence-corrected chi connectivity index (χ4v) is 2.81. The van der Waals surface area contributed by atoms with Gasteiger partial charge in [-0.25, -0.2) is 0 Å². The van der Waals surface area contributed by atoms with Crippen molar-refractivity contribution >= 4 is 5.91 Å². The number of hydrogen-bond acceptors (Lipinski definition) is 2. The Kier molecular flexibility index (Phi) is 6.41. The Hall–Kier alpha value is -2.07. The highest BCUT2D eigenvalue weighted by Crippen LogP contribution is 2.08. The van der Waals surface area contributed by atoms with Crippen LogP contribution in [0.25, 0.3) is 0 Å². The van der Waals surface area contributed by atoms with Crippen molar-refractivity contribution in [3.63, 3.8) is 0 Å². The zero-order valence-electron chi connectivity index (χ0n) is 14.3. The number of amides is 1. The summed E-state index contributed by atoms with van der Waals surface area (Å²) < 4.78 is 1.99. The third-order valence-electron chi connectivity index (χ3n) is 4.12. The van der Waals surface area contributed by atoms with E-state index in [4.69, 9.17) is 0 Å². The van der Waals surface area contributed by atoms with E-state index in [1.807, 2.05) is 43.8 Å². The van der Waals surface area contributed by atoms with Crippen LogP contribution in [0, 0.1) is 6.92 Å². The summed E-state index contributed by atoms with van der Waals surface area (Å²) in [5, 5.41) is 6.37. The number of likely N-dealkylation sites (N-methyl/N-ethyl adjacent to an activating group) is 1. The minimum absolute atomic E-state index is 0.00881. The summed E-state index contributed by atoms with van der Waals surface area (Å²) in [5.41, 5.74) is 3.18. The van der Waals surface area contributed by atoms with E-state index in [2.05, 4.69) is 34.9 Å². The van der Waals surface area contributed by atoms with Crippen LogP contribution in [-0.2, 0) is 13.0 Å². The number of nitrogens with one attached hydrogen (secondary N) is 2. The highest BCUT2D eigenvalue weighted by molar-refractivity contribution is 5.92. The molecule has 2 aromatic rings. The standard InChI is InChI=1S/C19H27N3O/c1-4-22-14-15(2)12-18(22)19(23)21-11-10-17(20-3)13-16-8-6-5-7-9-16/h5-9,12,14,17,20H,4,10-11,13H2,1-3H3,(H,21,23). The van der Waals surface area contributed by atoms with Gasteiger partial charge in [-0.3, -0.25) is 4.79 Å². The summed E-state index contributed by atoms with van der Waals surface area (Å²) in [6.45, 7) is 5.54. The molecule has 1 atom stereocenters. The van der Waals surface area contributed by atoms with E-state index in [1.165, 1.54) is 5.56 Å². The number of aromatic nitrogens is 1. The number of aryl methyl sites for hydroxylation is 2. The first-order valence-electron chi connectivity index (χ1n) is 8.30. The first-order chi connectivity index (χ1) is 11.1. The summed E-state index contributed by atoms with van der Waals surface area (Å²) in [4.78, 5) is 12.3. The number of carbonyl (C=O) groups excluding carboxylic acids is 1. The maximum atomic E-state index is 12.3. The molecule has 1 amide bonds. The minimum Gasteiger partial charge on any atom is -0.351 e. The van der Waals surface area contributed by atoms with Crippen molar-refractivity contribution in [1.29, 1.82) is 0 Å². The summed E-state index contributed by atoms with van der Waals surface area (Å²) in [6, 6.07) is 12.7. The van der Waals surface area contributed by atoms with Gasteiger partial charge in [-0.1, -0.05) is 30.3 Å². The molecule has 2 rings (SSSR count). The van der Waals surface area contributed by atoms with Gasteiger partial charge in [0.05, 0.1) is 0 Å². The molecule has 0 radical (unpaired) electrons. The second kappa shape index (κ2) is 8.53. The summed E-state index contributed by atoms with van der Waals surface area (Å²) in [6.07, 6.45) is 3.89. The lowest BCUT2D eigenvalue weighted by molar-refractivity contribution is 0.0943. The zero-order valence-corrected chi connectivity index (χ0v) is 14.3. The lowest BCUT2D eigenvalue weighted by atomic mass is 10.0. The molecule has 124 valence electrons. The molecular formula is C19H27N3O. The second-order valence-corrected chi connectivity index (χ2v) is 5.91. The fourth-order valence-electron chi connectivity index (χ4n) is 2.81. The largest absolute Gasteiger partial charge is 0.351 e. The third-order valence-corrected chi connectivity index (χ3v) is 4.12. The molecule has 1 aromatic heterocycles. The summed E-state index contributed by atoms with van der Waals surface area (Å²) in [7, 11) is 1.97. The van der Waals surface area contributed by atoms with E-state index >= 15 is 0 Å². The van der Waals surface area contributed by atoms with E-state index in [1.54, 1.807) is 0 Å². The lowest BCUT2D eigenvalue weighted by Crippen LogP contribution is -2.34. The summed E-state index contributed by atoms with van der Waals surface area (Å²) >= 11 is 0. The minimum atomic E-state index is 0.00881. The van der Waals surface area contributed by atoms with Crippen molar-refractivity contribution in [3.05, 3.63) is 59.4 Å². The van der Waals surface area contributed by atoms with Gasteiger partial charge >= 0.3 is 0 Å². The van der Waals surface area contributed by atoms with Gasteiger partial charge in [0.25, 0.3) is 5.91 Å². The Labute approximate surface area is 138 Å². The molecule has 0 aliphatic heterocycles. The van der Waals surface area contributed by atoms with Crippen molar-refractivity contribution < 1.29 is 4.79 Å². The number of rotatable bonds is 8. The topological polar surface area (TPSA) is 46.1 Å². The molecule has 0 aliphatic carbocycles. The molecule has 0 spiro atoms. The van der Waals surface area contributed by atoms with Crippen LogP contribution in [0.2, 0.25) is 0 Å². The van der Waals surface area contributed by atoms with Gasteiger partial charge in [-0.2, -0.15) is 0 Å². The highest BCUT2D eigenvalue weighted by Gasteiger charge is 2.12. The molecule has 0 bridgehead atoms. The molecule has 2 N–H and O–H groups in total. The molecule has 0 fully saturated rings. The van der Waals surface area contributed by atoms with Crippen molar-refractivity contribution in [2.24, 2.45) is 0 Å². The first kappa shape index (κ1) is 17.3. The van der Waals surface area contributed by atoms with Gasteiger partial charge in [-0.05, 0) is 50.9 Å². The van der Waals surface area contributed by atoms with Crippen LogP contribution in [0.5, 0.6) is 0 Å². The number of hydrogen-bond donors (Lipinski definition) is 2. The average molecular weight is 313 g/mol. The normalized spacial score (nSPS) is 12.1. The van der Waals surface area contributed by atoms with E-state index in [0.29, 0.717) is 12.6 Å². The van der Waals surface area contributed by atoms with Crippen molar-refractivity contribution in [2.45, 2.75) is 39.3 Å². The molecule has 1 heterocycles. The monoisotopic (exact) mass is 313 g/mol. The van der Waals surface area contributed by atoms with Crippen LogP contribution >= 0.6 is 0 Å². The van der Waals surface area contributed by atoms with Crippen LogP contribution < -0.4 is 10.6 Å². The van der Waals surface area contributed by atoms with Gasteiger partial charge in [0.15, 0.2) is 0 Å². The molecule has 1 unspecified atom stereocenters. The van der Waals surface area contributed by atoms with Gasteiger partial charge in [0.1, 0.15) is 5.69 Å². The Bertz CT molecular complexity index is 619. The Balaban J connectivity index is 1.84. The third kappa shape index (κ3) is 4.96. The summed E-state index contributed by atoms with van der Waals surface area (Å²) in [5.74, 6) is 0.00881. The quantitative estimate of drug-likeness (QED) is 0.787. The van der Waals surface area contributed by atoms with Gasteiger partial charge in [0.2, 0.25) is 0 Å². The van der Waals surface area contributed by atoms with Crippen LogP contribution in [-0.4, -0.2) is 30.1 Å². The second-order valence-electron chi connectivity index (χ2n) is 5.91. The number of nitrogens with zero attached hydrogens (tertiary/aromatic N) is 1. The number of benzene rings is 1. The molecule has 0 saturated heterocycles. The Morgan fingerprint density at radius 1 is 1.26 bits per heavy atom. The fraction of sp³-hybridized carbons (Fsp3) is 0.421. The Morgan fingerprint density at radius 2 is 2.00 bits per heavy atom. The first-order valence-corrected chi connectivity index (χ1v) is 8.30. The Morgan fingerprint density at radius 3 is 2.65 bits per heavy atom. The smallest absolute Gasteiger partial charge is 0.267 e. The van der Waals surface area contributed by atoms with Crippen LogP contribution in [0.15, 0.2) is 42.6 Å². The van der Waals surface area contributed by atoms with Crippen LogP contribution in [0.1, 0.15) is 35.0 Å². The molecule has 23 heavy (non-hydrogen) atoms. The number of carbonyl (C=O) groups is 1. The van der Waals surface area contributed by atoms with Crippen molar-refractivity contribution in [2.75, 3.05) is 13.6 Å². The van der Waals surface area contributed by atoms with E-state index in [0.717, 1.165) is 30.6 Å². The van der Waals surface area contributed by atoms with E-state index in [9.17, 15) is 4.79 Å². The van der Waals surface area contributed by atoms with E-state index < -0.39 is 0 Å². The lowest BCUT2D eigenvalue weighted by Gasteiger charge is -2.17. The zero-order chi connectivity index (χ0) is 16.7. The predicted octanol–water partition coefficient (Wildman–Crippen LogP) is 2.77. The van der Waals surface area contributed by atoms with Gasteiger partial charge < -0.3 is 15.2 Å².